The molecule has 3 heteroatoms. The summed E-state index contributed by atoms with van der Waals surface area (Å²) in [5, 5.41) is 9.12. The molecule has 1 atom stereocenters. The van der Waals surface area contributed by atoms with E-state index in [2.05, 4.69) is 19.9 Å². The van der Waals surface area contributed by atoms with E-state index in [0.717, 1.165) is 25.7 Å². The van der Waals surface area contributed by atoms with E-state index >= 15 is 0 Å². The zero-order chi connectivity index (χ0) is 15.2. The topological polar surface area (TPSA) is 46.5 Å². The van der Waals surface area contributed by atoms with Gasteiger partial charge in [-0.1, -0.05) is 44.8 Å². The Labute approximate surface area is 124 Å². The van der Waals surface area contributed by atoms with Crippen LogP contribution >= 0.6 is 0 Å². The maximum Gasteiger partial charge on any atom is 0.312 e. The Hall–Kier alpha value is -0.830. The van der Waals surface area contributed by atoms with Crippen LogP contribution in [-0.4, -0.2) is 24.3 Å². The summed E-state index contributed by atoms with van der Waals surface area (Å²) in [6, 6.07) is 0. The zero-order valence-electron chi connectivity index (χ0n) is 13.5. The summed E-state index contributed by atoms with van der Waals surface area (Å²) in [6.07, 6.45) is 10.6. The molecular formula is C17H32O3. The van der Waals surface area contributed by atoms with Crippen molar-refractivity contribution in [1.29, 1.82) is 0 Å². The van der Waals surface area contributed by atoms with Gasteiger partial charge in [-0.3, -0.25) is 4.79 Å². The van der Waals surface area contributed by atoms with Crippen LogP contribution < -0.4 is 0 Å². The van der Waals surface area contributed by atoms with Crippen LogP contribution in [0.2, 0.25) is 0 Å². The average molecular weight is 284 g/mol. The van der Waals surface area contributed by atoms with Crippen LogP contribution in [0.4, 0.5) is 0 Å². The molecule has 0 spiro atoms. The summed E-state index contributed by atoms with van der Waals surface area (Å²) in [5.74, 6) is -0.487. The van der Waals surface area contributed by atoms with Gasteiger partial charge in [-0.25, -0.2) is 0 Å². The Morgan fingerprint density at radius 1 is 1.10 bits per heavy atom. The van der Waals surface area contributed by atoms with Crippen LogP contribution in [0.1, 0.15) is 72.1 Å². The molecule has 0 aliphatic heterocycles. The molecule has 0 aliphatic rings. The van der Waals surface area contributed by atoms with Crippen molar-refractivity contribution >= 4 is 5.97 Å². The highest BCUT2D eigenvalue weighted by atomic mass is 16.5. The fourth-order valence-corrected chi connectivity index (χ4v) is 2.24. The van der Waals surface area contributed by atoms with Crippen LogP contribution in [0.3, 0.4) is 0 Å². The molecule has 0 rings (SSSR count). The maximum atomic E-state index is 11.9. The van der Waals surface area contributed by atoms with Crippen LogP contribution in [0.25, 0.3) is 0 Å². The SMILES string of the molecule is CCCCC/C(=C/C(CCO)C(=O)OCC)CCCC. The largest absolute Gasteiger partial charge is 0.466 e. The molecule has 0 aromatic heterocycles. The Kier molecular flexibility index (Phi) is 12.6. The molecule has 0 saturated heterocycles. The minimum absolute atomic E-state index is 0.0238. The fraction of sp³-hybridized carbons (Fsp3) is 0.824. The lowest BCUT2D eigenvalue weighted by atomic mass is 9.95. The van der Waals surface area contributed by atoms with Crippen LogP contribution in [-0.2, 0) is 9.53 Å². The number of carbonyl (C=O) groups excluding carboxylic acids is 1. The monoisotopic (exact) mass is 284 g/mol. The van der Waals surface area contributed by atoms with Crippen molar-refractivity contribution in [3.8, 4) is 0 Å². The lowest BCUT2D eigenvalue weighted by Gasteiger charge is -2.14. The number of rotatable bonds is 12. The summed E-state index contributed by atoms with van der Waals surface area (Å²) >= 11 is 0. The predicted octanol–water partition coefficient (Wildman–Crippen LogP) is 4.25. The summed E-state index contributed by atoms with van der Waals surface area (Å²) in [5.41, 5.74) is 1.35. The lowest BCUT2D eigenvalue weighted by Crippen LogP contribution is -2.17. The minimum Gasteiger partial charge on any atom is -0.466 e. The highest BCUT2D eigenvalue weighted by Crippen LogP contribution is 2.20. The molecule has 0 aliphatic carbocycles. The number of allylic oxidation sites excluding steroid dienone is 1. The van der Waals surface area contributed by atoms with E-state index in [0.29, 0.717) is 13.0 Å². The first-order chi connectivity index (χ1) is 9.69. The van der Waals surface area contributed by atoms with Gasteiger partial charge in [-0.2, -0.15) is 0 Å². The van der Waals surface area contributed by atoms with Gasteiger partial charge in [0.05, 0.1) is 12.5 Å². The van der Waals surface area contributed by atoms with Gasteiger partial charge in [0.15, 0.2) is 0 Å². The normalized spacial score (nSPS) is 13.3. The lowest BCUT2D eigenvalue weighted by molar-refractivity contribution is -0.146. The third-order valence-corrected chi connectivity index (χ3v) is 3.42. The number of ether oxygens (including phenoxy) is 1. The Balaban J connectivity index is 4.69. The number of esters is 1. The third-order valence-electron chi connectivity index (χ3n) is 3.42. The van der Waals surface area contributed by atoms with Gasteiger partial charge in [0.25, 0.3) is 0 Å². The van der Waals surface area contributed by atoms with Crippen molar-refractivity contribution < 1.29 is 14.6 Å². The number of hydrogen-bond donors (Lipinski definition) is 1. The number of aliphatic hydroxyl groups is 1. The molecule has 20 heavy (non-hydrogen) atoms. The first-order valence-corrected chi connectivity index (χ1v) is 8.16. The van der Waals surface area contributed by atoms with Crippen molar-refractivity contribution in [2.75, 3.05) is 13.2 Å². The smallest absolute Gasteiger partial charge is 0.312 e. The quantitative estimate of drug-likeness (QED) is 0.331. The summed E-state index contributed by atoms with van der Waals surface area (Å²) < 4.78 is 5.09. The van der Waals surface area contributed by atoms with Gasteiger partial charge >= 0.3 is 5.97 Å². The van der Waals surface area contributed by atoms with E-state index in [4.69, 9.17) is 9.84 Å². The van der Waals surface area contributed by atoms with Gasteiger partial charge in [-0.05, 0) is 39.0 Å². The van der Waals surface area contributed by atoms with Crippen LogP contribution in [0.5, 0.6) is 0 Å². The van der Waals surface area contributed by atoms with Crippen molar-refractivity contribution in [2.45, 2.75) is 72.1 Å². The van der Waals surface area contributed by atoms with Crippen molar-refractivity contribution in [1.82, 2.24) is 0 Å². The Morgan fingerprint density at radius 3 is 2.30 bits per heavy atom. The molecule has 1 unspecified atom stereocenters. The molecule has 0 radical (unpaired) electrons. The molecular weight excluding hydrogens is 252 g/mol. The van der Waals surface area contributed by atoms with Crippen molar-refractivity contribution in [3.05, 3.63) is 11.6 Å². The molecule has 0 fully saturated rings. The van der Waals surface area contributed by atoms with Gasteiger partial charge in [0, 0.05) is 6.61 Å². The number of unbranched alkanes of at least 4 members (excludes halogenated alkanes) is 3. The van der Waals surface area contributed by atoms with Crippen LogP contribution in [0, 0.1) is 5.92 Å². The second-order valence-electron chi connectivity index (χ2n) is 5.26. The predicted molar refractivity (Wildman–Crippen MR) is 83.6 cm³/mol. The highest BCUT2D eigenvalue weighted by Gasteiger charge is 2.17. The zero-order valence-corrected chi connectivity index (χ0v) is 13.5. The summed E-state index contributed by atoms with van der Waals surface area (Å²) in [4.78, 5) is 11.9. The molecule has 0 aromatic carbocycles. The van der Waals surface area contributed by atoms with Gasteiger partial charge in [0.2, 0.25) is 0 Å². The minimum atomic E-state index is -0.284. The average Bonchev–Trinajstić information content (AvgIpc) is 2.44. The van der Waals surface area contributed by atoms with Crippen LogP contribution in [0.15, 0.2) is 11.6 Å². The second kappa shape index (κ2) is 13.2. The molecule has 0 amide bonds. The number of aliphatic hydroxyl groups excluding tert-OH is 1. The molecule has 3 nitrogen and oxygen atoms in total. The van der Waals surface area contributed by atoms with E-state index in [1.54, 1.807) is 0 Å². The van der Waals surface area contributed by atoms with E-state index < -0.39 is 0 Å². The van der Waals surface area contributed by atoms with E-state index in [9.17, 15) is 4.79 Å². The molecule has 1 N–H and O–H groups in total. The second-order valence-corrected chi connectivity index (χ2v) is 5.26. The number of hydrogen-bond acceptors (Lipinski definition) is 3. The fourth-order valence-electron chi connectivity index (χ4n) is 2.24. The first-order valence-electron chi connectivity index (χ1n) is 8.16. The highest BCUT2D eigenvalue weighted by molar-refractivity contribution is 5.74. The van der Waals surface area contributed by atoms with E-state index in [1.807, 2.05) is 6.92 Å². The molecule has 0 heterocycles. The summed E-state index contributed by atoms with van der Waals surface area (Å²) in [7, 11) is 0. The van der Waals surface area contributed by atoms with Crippen molar-refractivity contribution in [3.63, 3.8) is 0 Å². The Bertz CT molecular complexity index is 271. The maximum absolute atomic E-state index is 11.9. The van der Waals surface area contributed by atoms with Gasteiger partial charge < -0.3 is 9.84 Å². The van der Waals surface area contributed by atoms with E-state index in [-0.39, 0.29) is 18.5 Å². The standard InChI is InChI=1S/C17H32O3/c1-4-7-9-11-15(10-8-5-2)14-16(12-13-18)17(19)20-6-3/h14,16,18H,4-13H2,1-3H3/b15-14+. The molecule has 0 bridgehead atoms. The van der Waals surface area contributed by atoms with Crippen molar-refractivity contribution in [2.24, 2.45) is 5.92 Å². The molecule has 0 saturated carbocycles. The third kappa shape index (κ3) is 9.13. The van der Waals surface area contributed by atoms with Gasteiger partial charge in [-0.15, -0.1) is 0 Å². The van der Waals surface area contributed by atoms with Gasteiger partial charge in [0.1, 0.15) is 0 Å². The number of carbonyl (C=O) groups is 1. The first kappa shape index (κ1) is 19.2. The molecule has 0 aromatic rings. The van der Waals surface area contributed by atoms with E-state index in [1.165, 1.54) is 24.8 Å². The molecule has 118 valence electrons. The Morgan fingerprint density at radius 2 is 1.75 bits per heavy atom. The summed E-state index contributed by atoms with van der Waals surface area (Å²) in [6.45, 7) is 6.62.